The van der Waals surface area contributed by atoms with E-state index in [0.717, 1.165) is 11.1 Å². The largest absolute Gasteiger partial charge is 0.345 e. The number of benzene rings is 1. The molecule has 0 saturated heterocycles. The first kappa shape index (κ1) is 12.1. The number of halogens is 1. The molecule has 0 aliphatic heterocycles. The Hall–Kier alpha value is -1.35. The van der Waals surface area contributed by atoms with Crippen LogP contribution < -0.4 is 5.73 Å². The maximum atomic E-state index is 14.0. The lowest BCUT2D eigenvalue weighted by molar-refractivity contribution is 0.546. The third-order valence-corrected chi connectivity index (χ3v) is 3.06. The van der Waals surface area contributed by atoms with Gasteiger partial charge in [0.25, 0.3) is 0 Å². The van der Waals surface area contributed by atoms with Crippen LogP contribution in [0.5, 0.6) is 0 Å². The van der Waals surface area contributed by atoms with Crippen LogP contribution in [-0.2, 0) is 5.54 Å². The van der Waals surface area contributed by atoms with Crippen LogP contribution in [0.4, 0.5) is 4.39 Å². The van der Waals surface area contributed by atoms with Crippen LogP contribution in [0.25, 0.3) is 10.9 Å². The van der Waals surface area contributed by atoms with Gasteiger partial charge >= 0.3 is 0 Å². The summed E-state index contributed by atoms with van der Waals surface area (Å²) in [7, 11) is 0. The van der Waals surface area contributed by atoms with E-state index in [0.29, 0.717) is 5.39 Å². The van der Waals surface area contributed by atoms with Crippen LogP contribution in [0.2, 0.25) is 0 Å². The normalized spacial score (nSPS) is 12.6. The molecule has 2 rings (SSSR count). The molecule has 17 heavy (non-hydrogen) atoms. The van der Waals surface area contributed by atoms with Crippen molar-refractivity contribution in [3.05, 3.63) is 35.8 Å². The van der Waals surface area contributed by atoms with Gasteiger partial charge in [-0.15, -0.1) is 0 Å². The number of rotatable bonds is 2. The minimum absolute atomic E-state index is 0.199. The van der Waals surface area contributed by atoms with Crippen molar-refractivity contribution in [1.29, 1.82) is 0 Å². The lowest BCUT2D eigenvalue weighted by Crippen LogP contribution is -2.28. The van der Waals surface area contributed by atoms with Crippen molar-refractivity contribution in [1.82, 2.24) is 4.57 Å². The Kier molecular flexibility index (Phi) is 2.74. The fourth-order valence-corrected chi connectivity index (χ4v) is 2.18. The average molecular weight is 234 g/mol. The van der Waals surface area contributed by atoms with Gasteiger partial charge in [-0.25, -0.2) is 4.39 Å². The monoisotopic (exact) mass is 234 g/mol. The van der Waals surface area contributed by atoms with Crippen LogP contribution in [0.1, 0.15) is 39.3 Å². The molecule has 2 aromatic rings. The van der Waals surface area contributed by atoms with Gasteiger partial charge in [-0.3, -0.25) is 0 Å². The van der Waals surface area contributed by atoms with Crippen LogP contribution >= 0.6 is 0 Å². The van der Waals surface area contributed by atoms with Gasteiger partial charge in [-0.1, -0.05) is 6.07 Å². The summed E-state index contributed by atoms with van der Waals surface area (Å²) in [5.41, 5.74) is 7.36. The fourth-order valence-electron chi connectivity index (χ4n) is 2.18. The number of nitrogens with two attached hydrogens (primary N) is 1. The highest BCUT2D eigenvalue weighted by Crippen LogP contribution is 2.32. The fraction of sp³-hybridized carbons (Fsp3) is 0.429. The summed E-state index contributed by atoms with van der Waals surface area (Å²) in [6, 6.07) is 5.45. The Morgan fingerprint density at radius 2 is 1.94 bits per heavy atom. The molecule has 1 heterocycles. The van der Waals surface area contributed by atoms with Gasteiger partial charge in [0, 0.05) is 23.2 Å². The predicted molar refractivity (Wildman–Crippen MR) is 69.5 cm³/mol. The Bertz CT molecular complexity index is 547. The van der Waals surface area contributed by atoms with Crippen molar-refractivity contribution in [3.63, 3.8) is 0 Å². The number of hydrogen-bond acceptors (Lipinski definition) is 1. The standard InChI is InChI=1S/C14H19FN2/c1-9(2)17-8-10(14(3,4)16)13-11(15)6-5-7-12(13)17/h5-9H,16H2,1-4H3. The molecule has 0 bridgehead atoms. The summed E-state index contributed by atoms with van der Waals surface area (Å²) in [5.74, 6) is -0.199. The second-order valence-electron chi connectivity index (χ2n) is 5.40. The van der Waals surface area contributed by atoms with Gasteiger partial charge in [-0.2, -0.15) is 0 Å². The maximum Gasteiger partial charge on any atom is 0.132 e. The molecule has 2 nitrogen and oxygen atoms in total. The number of hydrogen-bond donors (Lipinski definition) is 1. The third-order valence-electron chi connectivity index (χ3n) is 3.06. The number of nitrogens with zero attached hydrogens (tertiary/aromatic N) is 1. The SMILES string of the molecule is CC(C)n1cc(C(C)(C)N)c2c(F)cccc21. The molecular formula is C14H19FN2. The Morgan fingerprint density at radius 3 is 2.47 bits per heavy atom. The van der Waals surface area contributed by atoms with Crippen molar-refractivity contribution >= 4 is 10.9 Å². The van der Waals surface area contributed by atoms with Gasteiger partial charge in [0.15, 0.2) is 0 Å². The van der Waals surface area contributed by atoms with E-state index in [1.54, 1.807) is 6.07 Å². The average Bonchev–Trinajstić information content (AvgIpc) is 2.57. The zero-order valence-corrected chi connectivity index (χ0v) is 10.8. The molecular weight excluding hydrogens is 215 g/mol. The number of fused-ring (bicyclic) bond motifs is 1. The quantitative estimate of drug-likeness (QED) is 0.846. The second kappa shape index (κ2) is 3.84. The highest BCUT2D eigenvalue weighted by atomic mass is 19.1. The van der Waals surface area contributed by atoms with E-state index in [1.807, 2.05) is 26.1 Å². The van der Waals surface area contributed by atoms with Crippen molar-refractivity contribution in [2.24, 2.45) is 5.73 Å². The van der Waals surface area contributed by atoms with E-state index in [9.17, 15) is 4.39 Å². The molecule has 1 aromatic carbocycles. The van der Waals surface area contributed by atoms with E-state index >= 15 is 0 Å². The first-order valence-corrected chi connectivity index (χ1v) is 5.91. The molecule has 0 atom stereocenters. The molecule has 3 heteroatoms. The molecule has 0 aliphatic carbocycles. The van der Waals surface area contributed by atoms with E-state index in [-0.39, 0.29) is 11.9 Å². The highest BCUT2D eigenvalue weighted by Gasteiger charge is 2.23. The van der Waals surface area contributed by atoms with Crippen LogP contribution in [0.15, 0.2) is 24.4 Å². The Morgan fingerprint density at radius 1 is 1.29 bits per heavy atom. The van der Waals surface area contributed by atoms with Gasteiger partial charge in [0.05, 0.1) is 5.52 Å². The zero-order valence-electron chi connectivity index (χ0n) is 10.8. The molecule has 0 unspecified atom stereocenters. The van der Waals surface area contributed by atoms with E-state index in [1.165, 1.54) is 6.07 Å². The molecule has 0 aliphatic rings. The topological polar surface area (TPSA) is 30.9 Å². The smallest absolute Gasteiger partial charge is 0.132 e. The van der Waals surface area contributed by atoms with Crippen molar-refractivity contribution in [2.45, 2.75) is 39.3 Å². The molecule has 0 saturated carbocycles. The van der Waals surface area contributed by atoms with Crippen molar-refractivity contribution in [3.8, 4) is 0 Å². The lowest BCUT2D eigenvalue weighted by atomic mass is 9.95. The van der Waals surface area contributed by atoms with Gasteiger partial charge in [0.1, 0.15) is 5.82 Å². The summed E-state index contributed by atoms with van der Waals surface area (Å²) in [6.07, 6.45) is 1.97. The van der Waals surface area contributed by atoms with Gasteiger partial charge in [0.2, 0.25) is 0 Å². The van der Waals surface area contributed by atoms with E-state index in [2.05, 4.69) is 18.4 Å². The zero-order chi connectivity index (χ0) is 12.8. The van der Waals surface area contributed by atoms with Crippen molar-refractivity contribution in [2.75, 3.05) is 0 Å². The van der Waals surface area contributed by atoms with E-state index in [4.69, 9.17) is 5.73 Å². The van der Waals surface area contributed by atoms with Crippen LogP contribution in [-0.4, -0.2) is 4.57 Å². The Balaban J connectivity index is 2.86. The molecule has 0 fully saturated rings. The summed E-state index contributed by atoms with van der Waals surface area (Å²) in [6.45, 7) is 7.97. The first-order chi connectivity index (χ1) is 7.82. The summed E-state index contributed by atoms with van der Waals surface area (Å²) in [5, 5.41) is 0.647. The minimum atomic E-state index is -0.541. The highest BCUT2D eigenvalue weighted by molar-refractivity contribution is 5.85. The molecule has 0 amide bonds. The third kappa shape index (κ3) is 1.95. The van der Waals surface area contributed by atoms with Gasteiger partial charge < -0.3 is 10.3 Å². The second-order valence-corrected chi connectivity index (χ2v) is 5.40. The van der Waals surface area contributed by atoms with Crippen LogP contribution in [0.3, 0.4) is 0 Å². The summed E-state index contributed by atoms with van der Waals surface area (Å²) < 4.78 is 16.1. The summed E-state index contributed by atoms with van der Waals surface area (Å²) in [4.78, 5) is 0. The maximum absolute atomic E-state index is 14.0. The lowest BCUT2D eigenvalue weighted by Gasteiger charge is -2.17. The predicted octanol–water partition coefficient (Wildman–Crippen LogP) is 3.56. The molecule has 0 radical (unpaired) electrons. The van der Waals surface area contributed by atoms with E-state index < -0.39 is 5.54 Å². The van der Waals surface area contributed by atoms with Crippen LogP contribution in [0, 0.1) is 5.82 Å². The molecule has 1 aromatic heterocycles. The minimum Gasteiger partial charge on any atom is -0.345 e. The Labute approximate surface area is 101 Å². The molecule has 2 N–H and O–H groups in total. The molecule has 92 valence electrons. The summed E-state index contributed by atoms with van der Waals surface area (Å²) >= 11 is 0. The first-order valence-electron chi connectivity index (χ1n) is 5.91. The number of aromatic nitrogens is 1. The van der Waals surface area contributed by atoms with Crippen molar-refractivity contribution < 1.29 is 4.39 Å². The van der Waals surface area contributed by atoms with Gasteiger partial charge in [-0.05, 0) is 45.4 Å². The molecule has 0 spiro atoms.